The number of hydrogen-bond acceptors (Lipinski definition) is 2. The summed E-state index contributed by atoms with van der Waals surface area (Å²) >= 11 is 0. The number of fused-ring (bicyclic) bond motifs is 6. The normalized spacial score (nSPS) is 11.5. The Balaban J connectivity index is 1.34. The van der Waals surface area contributed by atoms with E-state index in [0.29, 0.717) is 5.56 Å². The molecule has 0 bridgehead atoms. The van der Waals surface area contributed by atoms with Gasteiger partial charge in [0, 0.05) is 33.9 Å². The number of nitrogens with zero attached hydrogens (tertiary/aromatic N) is 4. The lowest BCUT2D eigenvalue weighted by atomic mass is 9.98. The fourth-order valence-electron chi connectivity index (χ4n) is 8.38. The minimum absolute atomic E-state index is 0.598. The topological polar surface area (TPSA) is 46.5 Å². The van der Waals surface area contributed by atoms with Gasteiger partial charge in [-0.3, -0.25) is 4.98 Å². The molecule has 54 heavy (non-hydrogen) atoms. The van der Waals surface area contributed by atoms with Crippen molar-refractivity contribution in [2.24, 2.45) is 0 Å². The number of aryl methyl sites for hydroxylation is 2. The summed E-state index contributed by atoms with van der Waals surface area (Å²) in [6.45, 7) is 4.31. The zero-order valence-electron chi connectivity index (χ0n) is 30.0. The van der Waals surface area contributed by atoms with Gasteiger partial charge in [0.25, 0.3) is 0 Å². The quantitative estimate of drug-likeness (QED) is 0.180. The standard InChI is InChI=1S/C50H34N4/c1-32-11-3-5-13-38(32)35-19-21-42-40-15-7-9-17-45(40)53(47(42)27-35)49-29-37(34-23-25-52-26-24-34)30-50(44(49)31-51)54-46-18-10-8-16-41(46)43-22-20-36(28-48(43)54)39-14-6-4-12-33(39)2/h3-30H,1-2H3. The molecule has 0 radical (unpaired) electrons. The predicted molar refractivity (Wildman–Crippen MR) is 223 cm³/mol. The van der Waals surface area contributed by atoms with E-state index in [1.807, 2.05) is 24.5 Å². The molecule has 0 fully saturated rings. The van der Waals surface area contributed by atoms with Crippen LogP contribution in [0, 0.1) is 25.2 Å². The second-order valence-electron chi connectivity index (χ2n) is 14.0. The van der Waals surface area contributed by atoms with Gasteiger partial charge in [-0.15, -0.1) is 0 Å². The van der Waals surface area contributed by atoms with E-state index in [1.165, 1.54) is 22.3 Å². The lowest BCUT2D eigenvalue weighted by Gasteiger charge is -2.19. The van der Waals surface area contributed by atoms with Gasteiger partial charge >= 0.3 is 0 Å². The van der Waals surface area contributed by atoms with Crippen LogP contribution in [0.5, 0.6) is 0 Å². The third-order valence-corrected chi connectivity index (χ3v) is 11.0. The molecular weight excluding hydrogens is 657 g/mol. The minimum Gasteiger partial charge on any atom is -0.308 e. The fraction of sp³-hybridized carbons (Fsp3) is 0.0400. The van der Waals surface area contributed by atoms with Crippen LogP contribution in [0.3, 0.4) is 0 Å². The van der Waals surface area contributed by atoms with Gasteiger partial charge in [0.05, 0.1) is 33.4 Å². The van der Waals surface area contributed by atoms with Crippen molar-refractivity contribution < 1.29 is 0 Å². The van der Waals surface area contributed by atoms with Gasteiger partial charge in [-0.25, -0.2) is 0 Å². The van der Waals surface area contributed by atoms with Gasteiger partial charge in [0.2, 0.25) is 0 Å². The van der Waals surface area contributed by atoms with Crippen molar-refractivity contribution in [3.05, 3.63) is 187 Å². The Morgan fingerprint density at radius 3 is 1.35 bits per heavy atom. The molecule has 3 heterocycles. The third-order valence-electron chi connectivity index (χ3n) is 11.0. The van der Waals surface area contributed by atoms with E-state index in [2.05, 4.69) is 180 Å². The molecular formula is C50H34N4. The maximum absolute atomic E-state index is 11.4. The highest BCUT2D eigenvalue weighted by molar-refractivity contribution is 6.12. The van der Waals surface area contributed by atoms with Crippen molar-refractivity contribution in [2.75, 3.05) is 0 Å². The molecule has 4 nitrogen and oxygen atoms in total. The summed E-state index contributed by atoms with van der Waals surface area (Å²) in [6, 6.07) is 58.7. The van der Waals surface area contributed by atoms with Crippen LogP contribution in [0.15, 0.2) is 170 Å². The van der Waals surface area contributed by atoms with Crippen LogP contribution in [0.2, 0.25) is 0 Å². The molecule has 0 unspecified atom stereocenters. The molecule has 0 saturated heterocycles. The molecule has 7 aromatic carbocycles. The maximum Gasteiger partial charge on any atom is 0.104 e. The molecule has 0 aliphatic heterocycles. The van der Waals surface area contributed by atoms with Crippen molar-refractivity contribution in [3.63, 3.8) is 0 Å². The first-order chi connectivity index (χ1) is 26.6. The number of rotatable bonds is 5. The molecule has 0 atom stereocenters. The van der Waals surface area contributed by atoms with Gasteiger partial charge in [-0.2, -0.15) is 5.26 Å². The molecule has 0 aliphatic rings. The van der Waals surface area contributed by atoms with E-state index in [-0.39, 0.29) is 0 Å². The highest BCUT2D eigenvalue weighted by Gasteiger charge is 2.23. The Morgan fingerprint density at radius 2 is 0.870 bits per heavy atom. The first-order valence-electron chi connectivity index (χ1n) is 18.3. The molecule has 0 saturated carbocycles. The number of pyridine rings is 1. The number of para-hydroxylation sites is 2. The van der Waals surface area contributed by atoms with Crippen molar-refractivity contribution in [2.45, 2.75) is 13.8 Å². The van der Waals surface area contributed by atoms with Crippen LogP contribution >= 0.6 is 0 Å². The van der Waals surface area contributed by atoms with Crippen LogP contribution in [0.25, 0.3) is 88.4 Å². The summed E-state index contributed by atoms with van der Waals surface area (Å²) in [5.74, 6) is 0. The molecule has 254 valence electrons. The highest BCUT2D eigenvalue weighted by Crippen LogP contribution is 2.42. The van der Waals surface area contributed by atoms with Gasteiger partial charge in [-0.05, 0) is 107 Å². The van der Waals surface area contributed by atoms with Gasteiger partial charge in [0.15, 0.2) is 0 Å². The van der Waals surface area contributed by atoms with Crippen LogP contribution in [-0.2, 0) is 0 Å². The lowest BCUT2D eigenvalue weighted by molar-refractivity contribution is 1.12. The van der Waals surface area contributed by atoms with E-state index >= 15 is 0 Å². The van der Waals surface area contributed by atoms with Crippen molar-refractivity contribution >= 4 is 43.6 Å². The van der Waals surface area contributed by atoms with Crippen molar-refractivity contribution in [3.8, 4) is 50.8 Å². The summed E-state index contributed by atoms with van der Waals surface area (Å²) in [6.07, 6.45) is 3.66. The lowest BCUT2D eigenvalue weighted by Crippen LogP contribution is -2.05. The van der Waals surface area contributed by atoms with Crippen molar-refractivity contribution in [1.29, 1.82) is 5.26 Å². The van der Waals surface area contributed by atoms with Crippen LogP contribution < -0.4 is 0 Å². The van der Waals surface area contributed by atoms with E-state index in [9.17, 15) is 5.26 Å². The minimum atomic E-state index is 0.598. The first kappa shape index (κ1) is 31.5. The molecule has 10 rings (SSSR count). The molecule has 10 aromatic rings. The van der Waals surface area contributed by atoms with Crippen LogP contribution in [0.4, 0.5) is 0 Å². The fourth-order valence-corrected chi connectivity index (χ4v) is 8.38. The van der Waals surface area contributed by atoms with Gasteiger partial charge < -0.3 is 9.13 Å². The average molecular weight is 691 g/mol. The second-order valence-corrected chi connectivity index (χ2v) is 14.0. The molecule has 4 heteroatoms. The molecule has 0 amide bonds. The number of nitriles is 1. The van der Waals surface area contributed by atoms with Crippen LogP contribution in [-0.4, -0.2) is 14.1 Å². The van der Waals surface area contributed by atoms with E-state index in [0.717, 1.165) is 77.2 Å². The van der Waals surface area contributed by atoms with E-state index in [1.54, 1.807) is 0 Å². The Hall–Kier alpha value is -7.22. The van der Waals surface area contributed by atoms with Crippen molar-refractivity contribution in [1.82, 2.24) is 14.1 Å². The smallest absolute Gasteiger partial charge is 0.104 e. The first-order valence-corrected chi connectivity index (χ1v) is 18.3. The number of aromatic nitrogens is 3. The number of benzene rings is 7. The Bertz CT molecular complexity index is 2950. The van der Waals surface area contributed by atoms with E-state index in [4.69, 9.17) is 0 Å². The third kappa shape index (κ3) is 4.87. The zero-order chi connectivity index (χ0) is 36.3. The van der Waals surface area contributed by atoms with Gasteiger partial charge in [-0.1, -0.05) is 109 Å². The second kappa shape index (κ2) is 12.5. The highest BCUT2D eigenvalue weighted by atomic mass is 15.0. The summed E-state index contributed by atoms with van der Waals surface area (Å²) in [5, 5.41) is 16.0. The maximum atomic E-state index is 11.4. The Kier molecular flexibility index (Phi) is 7.28. The summed E-state index contributed by atoms with van der Waals surface area (Å²) in [4.78, 5) is 4.34. The molecule has 0 aliphatic carbocycles. The van der Waals surface area contributed by atoms with E-state index < -0.39 is 0 Å². The van der Waals surface area contributed by atoms with Crippen LogP contribution in [0.1, 0.15) is 16.7 Å². The molecule has 0 N–H and O–H groups in total. The summed E-state index contributed by atoms with van der Waals surface area (Å²) in [5.41, 5.74) is 15.6. The average Bonchev–Trinajstić information content (AvgIpc) is 3.73. The molecule has 0 spiro atoms. The predicted octanol–water partition coefficient (Wildman–Crippen LogP) is 12.8. The largest absolute Gasteiger partial charge is 0.308 e. The van der Waals surface area contributed by atoms with Gasteiger partial charge in [0.1, 0.15) is 11.6 Å². The zero-order valence-corrected chi connectivity index (χ0v) is 30.0. The Labute approximate surface area is 313 Å². The number of hydrogen-bond donors (Lipinski definition) is 0. The monoisotopic (exact) mass is 690 g/mol. The molecule has 3 aromatic heterocycles. The SMILES string of the molecule is Cc1ccccc1-c1ccc2c3ccccc3n(-c3cc(-c4ccncc4)cc(-n4c5ccccc5c5ccc(-c6ccccc6C)cc54)c3C#N)c2c1. The Morgan fingerprint density at radius 1 is 0.426 bits per heavy atom. The summed E-state index contributed by atoms with van der Waals surface area (Å²) < 4.78 is 4.59. The summed E-state index contributed by atoms with van der Waals surface area (Å²) in [7, 11) is 0.